The highest BCUT2D eigenvalue weighted by molar-refractivity contribution is 5.99. The van der Waals surface area contributed by atoms with Gasteiger partial charge in [0.15, 0.2) is 0 Å². The smallest absolute Gasteiger partial charge is 0.274 e. The number of nitrogens with one attached hydrogen (secondary N) is 1. The second-order valence-corrected chi connectivity index (χ2v) is 11.7. The molecule has 3 aromatic heterocycles. The van der Waals surface area contributed by atoms with Gasteiger partial charge >= 0.3 is 0 Å². The standard InChI is InChI=1S/C31H38N6O4/c1-35-17-25(23-9-10-32-28(23)30(35)39)21-7-8-26-24(15-21)29(34-31(33-26)36-11-14-41-22(16-36)18-38)37-12-13-40-19-27(37)20-5-3-2-4-6-20/h7-10,15,17,20,22,27,32,38H,2-6,11-14,16,18-19H2,1H3/t22-,27+/m0/s1. The van der Waals surface area contributed by atoms with Crippen molar-refractivity contribution >= 4 is 33.6 Å². The molecular formula is C31H38N6O4. The van der Waals surface area contributed by atoms with Crippen LogP contribution in [0.5, 0.6) is 0 Å². The number of ether oxygens (including phenoxy) is 2. The van der Waals surface area contributed by atoms with Crippen molar-refractivity contribution in [1.82, 2.24) is 19.5 Å². The molecule has 0 spiro atoms. The van der Waals surface area contributed by atoms with Crippen molar-refractivity contribution in [2.75, 3.05) is 55.9 Å². The quantitative estimate of drug-likeness (QED) is 0.384. The van der Waals surface area contributed by atoms with Gasteiger partial charge in [0.05, 0.1) is 44.1 Å². The van der Waals surface area contributed by atoms with Crippen LogP contribution in [0.15, 0.2) is 41.5 Å². The summed E-state index contributed by atoms with van der Waals surface area (Å²) in [7, 11) is 1.79. The van der Waals surface area contributed by atoms with Gasteiger partial charge in [0, 0.05) is 55.4 Å². The van der Waals surface area contributed by atoms with Crippen molar-refractivity contribution in [2.45, 2.75) is 44.2 Å². The summed E-state index contributed by atoms with van der Waals surface area (Å²) < 4.78 is 13.4. The fraction of sp³-hybridized carbons (Fsp3) is 0.516. The third kappa shape index (κ3) is 4.87. The van der Waals surface area contributed by atoms with E-state index in [1.54, 1.807) is 11.6 Å². The summed E-state index contributed by atoms with van der Waals surface area (Å²) in [6.07, 6.45) is 9.77. The molecule has 10 nitrogen and oxygen atoms in total. The van der Waals surface area contributed by atoms with Gasteiger partial charge in [0.2, 0.25) is 5.95 Å². The zero-order valence-corrected chi connectivity index (χ0v) is 23.6. The Morgan fingerprint density at radius 3 is 2.80 bits per heavy atom. The normalized spacial score (nSPS) is 22.6. The number of H-pyrrole nitrogens is 1. The monoisotopic (exact) mass is 558 g/mol. The second-order valence-electron chi connectivity index (χ2n) is 11.7. The van der Waals surface area contributed by atoms with Crippen LogP contribution in [-0.2, 0) is 16.5 Å². The molecule has 2 saturated heterocycles. The highest BCUT2D eigenvalue weighted by atomic mass is 16.5. The molecule has 1 aliphatic carbocycles. The van der Waals surface area contributed by atoms with Gasteiger partial charge in [0.25, 0.3) is 5.56 Å². The van der Waals surface area contributed by atoms with E-state index in [1.165, 1.54) is 32.1 Å². The first-order valence-electron chi connectivity index (χ1n) is 14.9. The van der Waals surface area contributed by atoms with Crippen LogP contribution in [0.3, 0.4) is 0 Å². The van der Waals surface area contributed by atoms with Gasteiger partial charge in [0.1, 0.15) is 11.3 Å². The highest BCUT2D eigenvalue weighted by Crippen LogP contribution is 2.38. The van der Waals surface area contributed by atoms with E-state index in [-0.39, 0.29) is 24.3 Å². The maximum absolute atomic E-state index is 12.7. The van der Waals surface area contributed by atoms with E-state index in [1.807, 2.05) is 18.5 Å². The Labute approximate surface area is 238 Å². The lowest BCUT2D eigenvalue weighted by atomic mass is 9.83. The molecule has 216 valence electrons. The number of nitrogens with zero attached hydrogens (tertiary/aromatic N) is 5. The van der Waals surface area contributed by atoms with Crippen LogP contribution in [0, 0.1) is 5.92 Å². The van der Waals surface area contributed by atoms with E-state index in [0.29, 0.717) is 50.3 Å². The molecule has 4 aromatic rings. The predicted octanol–water partition coefficient (Wildman–Crippen LogP) is 3.46. The first kappa shape index (κ1) is 26.4. The van der Waals surface area contributed by atoms with Crippen molar-refractivity contribution < 1.29 is 14.6 Å². The third-order valence-electron chi connectivity index (χ3n) is 9.13. The Kier molecular flexibility index (Phi) is 7.14. The average molecular weight is 559 g/mol. The minimum Gasteiger partial charge on any atom is -0.394 e. The fourth-order valence-corrected chi connectivity index (χ4v) is 6.93. The van der Waals surface area contributed by atoms with Crippen LogP contribution < -0.4 is 15.4 Å². The van der Waals surface area contributed by atoms with Gasteiger partial charge in [-0.2, -0.15) is 4.98 Å². The molecule has 2 aliphatic heterocycles. The van der Waals surface area contributed by atoms with Gasteiger partial charge in [-0.3, -0.25) is 4.79 Å². The lowest BCUT2D eigenvalue weighted by Gasteiger charge is -2.43. The van der Waals surface area contributed by atoms with Crippen LogP contribution in [-0.4, -0.2) is 82.8 Å². The molecule has 1 saturated carbocycles. The van der Waals surface area contributed by atoms with E-state index < -0.39 is 0 Å². The number of morpholine rings is 2. The zero-order chi connectivity index (χ0) is 27.9. The number of rotatable bonds is 5. The number of aliphatic hydroxyl groups is 1. The van der Waals surface area contributed by atoms with Gasteiger partial charge in [-0.1, -0.05) is 25.3 Å². The summed E-state index contributed by atoms with van der Waals surface area (Å²) in [5.41, 5.74) is 3.45. The number of benzene rings is 1. The lowest BCUT2D eigenvalue weighted by molar-refractivity contribution is 0.00315. The summed E-state index contributed by atoms with van der Waals surface area (Å²) in [6.45, 7) is 3.89. The zero-order valence-electron chi connectivity index (χ0n) is 23.6. The number of aromatic nitrogens is 4. The number of aliphatic hydroxyl groups excluding tert-OH is 1. The minimum atomic E-state index is -0.249. The summed E-state index contributed by atoms with van der Waals surface area (Å²) in [5.74, 6) is 2.19. The molecule has 0 bridgehead atoms. The Morgan fingerprint density at radius 2 is 1.95 bits per heavy atom. The number of aryl methyl sites for hydroxylation is 1. The topological polar surface area (TPSA) is 109 Å². The number of anilines is 2. The van der Waals surface area contributed by atoms with Crippen molar-refractivity contribution in [3.63, 3.8) is 0 Å². The van der Waals surface area contributed by atoms with Crippen LogP contribution in [0.25, 0.3) is 32.9 Å². The Balaban J connectivity index is 1.38. The third-order valence-corrected chi connectivity index (χ3v) is 9.13. The first-order chi connectivity index (χ1) is 20.1. The van der Waals surface area contributed by atoms with Crippen molar-refractivity contribution in [1.29, 1.82) is 0 Å². The van der Waals surface area contributed by atoms with E-state index in [0.717, 1.165) is 39.8 Å². The van der Waals surface area contributed by atoms with E-state index in [2.05, 4.69) is 33.0 Å². The van der Waals surface area contributed by atoms with Crippen molar-refractivity contribution in [3.05, 3.63) is 47.0 Å². The van der Waals surface area contributed by atoms with Gasteiger partial charge in [-0.05, 0) is 42.5 Å². The molecule has 3 aliphatic rings. The van der Waals surface area contributed by atoms with Crippen LogP contribution >= 0.6 is 0 Å². The van der Waals surface area contributed by atoms with Crippen LogP contribution in [0.1, 0.15) is 32.1 Å². The van der Waals surface area contributed by atoms with Crippen molar-refractivity contribution in [3.8, 4) is 11.1 Å². The molecule has 10 heteroatoms. The molecule has 2 atom stereocenters. The fourth-order valence-electron chi connectivity index (χ4n) is 6.93. The molecule has 41 heavy (non-hydrogen) atoms. The maximum atomic E-state index is 12.7. The highest BCUT2D eigenvalue weighted by Gasteiger charge is 2.34. The number of aromatic amines is 1. The summed E-state index contributed by atoms with van der Waals surface area (Å²) in [6, 6.07) is 8.58. The van der Waals surface area contributed by atoms with Crippen LogP contribution in [0.2, 0.25) is 0 Å². The second kappa shape index (κ2) is 11.1. The van der Waals surface area contributed by atoms with E-state index >= 15 is 0 Å². The molecular weight excluding hydrogens is 520 g/mol. The number of hydrogen-bond acceptors (Lipinski definition) is 8. The molecule has 0 radical (unpaired) electrons. The molecule has 3 fully saturated rings. The predicted molar refractivity (Wildman–Crippen MR) is 160 cm³/mol. The van der Waals surface area contributed by atoms with Crippen molar-refractivity contribution in [2.24, 2.45) is 13.0 Å². The number of fused-ring (bicyclic) bond motifs is 2. The minimum absolute atomic E-state index is 0.0271. The Hall–Kier alpha value is -3.47. The van der Waals surface area contributed by atoms with Gasteiger partial charge in [-0.25, -0.2) is 4.98 Å². The summed E-state index contributed by atoms with van der Waals surface area (Å²) >= 11 is 0. The summed E-state index contributed by atoms with van der Waals surface area (Å²) in [4.78, 5) is 30.8. The van der Waals surface area contributed by atoms with Gasteiger partial charge < -0.3 is 33.9 Å². The Bertz CT molecular complexity index is 1610. The molecule has 7 rings (SSSR count). The molecule has 5 heterocycles. The van der Waals surface area contributed by atoms with E-state index in [4.69, 9.17) is 19.4 Å². The average Bonchev–Trinajstić information content (AvgIpc) is 3.53. The summed E-state index contributed by atoms with van der Waals surface area (Å²) in [5, 5.41) is 11.7. The SMILES string of the molecule is Cn1cc(-c2ccc3nc(N4CCO[C@H](CO)C4)nc(N4CCOC[C@@H]4C4CCCCC4)c3c2)c2cc[nH]c2c1=O. The number of hydrogen-bond donors (Lipinski definition) is 2. The molecule has 0 amide bonds. The lowest BCUT2D eigenvalue weighted by Crippen LogP contribution is -2.51. The maximum Gasteiger partial charge on any atom is 0.274 e. The molecule has 0 unspecified atom stereocenters. The number of pyridine rings is 1. The van der Waals surface area contributed by atoms with Gasteiger partial charge in [-0.15, -0.1) is 0 Å². The van der Waals surface area contributed by atoms with E-state index in [9.17, 15) is 9.90 Å². The first-order valence-corrected chi connectivity index (χ1v) is 14.9. The largest absolute Gasteiger partial charge is 0.394 e. The Morgan fingerprint density at radius 1 is 1.07 bits per heavy atom. The van der Waals surface area contributed by atoms with Crippen LogP contribution in [0.4, 0.5) is 11.8 Å². The molecule has 1 aromatic carbocycles. The molecule has 2 N–H and O–H groups in total.